The van der Waals surface area contributed by atoms with Gasteiger partial charge in [-0.05, 0) is 44.7 Å². The molecule has 6 nitrogen and oxygen atoms in total. The Hall–Kier alpha value is -2.37. The van der Waals surface area contributed by atoms with Crippen LogP contribution in [-0.2, 0) is 11.3 Å². The molecule has 0 saturated heterocycles. The van der Waals surface area contributed by atoms with Gasteiger partial charge in [0.15, 0.2) is 5.82 Å². The monoisotopic (exact) mass is 436 g/mol. The molecular weight excluding hydrogens is 400 g/mol. The molecule has 1 aromatic carbocycles. The molecule has 32 heavy (non-hydrogen) atoms. The highest BCUT2D eigenvalue weighted by atomic mass is 16.2. The van der Waals surface area contributed by atoms with E-state index in [0.717, 1.165) is 49.6 Å². The molecule has 1 aromatic heterocycles. The predicted octanol–water partition coefficient (Wildman–Crippen LogP) is 4.81. The van der Waals surface area contributed by atoms with Crippen molar-refractivity contribution in [2.75, 3.05) is 0 Å². The number of carbonyl (C=O) groups excluding carboxylic acids is 2. The lowest BCUT2D eigenvalue weighted by atomic mass is 9.90. The summed E-state index contributed by atoms with van der Waals surface area (Å²) in [5.41, 5.74) is 0.851. The van der Waals surface area contributed by atoms with Crippen molar-refractivity contribution < 1.29 is 9.59 Å². The molecule has 3 aliphatic rings. The molecule has 0 bridgehead atoms. The van der Waals surface area contributed by atoms with Gasteiger partial charge in [0, 0.05) is 12.1 Å². The molecule has 2 aromatic rings. The third-order valence-corrected chi connectivity index (χ3v) is 7.93. The van der Waals surface area contributed by atoms with Crippen LogP contribution in [0, 0.1) is 0 Å². The Bertz CT molecular complexity index is 983. The van der Waals surface area contributed by atoms with Gasteiger partial charge in [0.1, 0.15) is 5.54 Å². The van der Waals surface area contributed by atoms with Crippen molar-refractivity contribution in [2.45, 2.75) is 108 Å². The number of nitrogens with zero attached hydrogens (tertiary/aromatic N) is 3. The minimum atomic E-state index is -0.908. The first-order valence-electron chi connectivity index (χ1n) is 12.7. The second kappa shape index (κ2) is 8.87. The van der Waals surface area contributed by atoms with Gasteiger partial charge >= 0.3 is 0 Å². The van der Waals surface area contributed by atoms with Crippen molar-refractivity contribution >= 4 is 22.8 Å². The summed E-state index contributed by atoms with van der Waals surface area (Å²) in [5, 5.41) is 3.38. The average molecular weight is 437 g/mol. The highest BCUT2D eigenvalue weighted by Crippen LogP contribution is 2.36. The Labute approximate surface area is 190 Å². The van der Waals surface area contributed by atoms with Crippen LogP contribution in [0.2, 0.25) is 0 Å². The highest BCUT2D eigenvalue weighted by molar-refractivity contribution is 6.01. The fraction of sp³-hybridized carbons (Fsp3) is 0.654. The third-order valence-electron chi connectivity index (χ3n) is 7.93. The lowest BCUT2D eigenvalue weighted by Gasteiger charge is -2.47. The summed E-state index contributed by atoms with van der Waals surface area (Å²) >= 11 is 0. The quantitative estimate of drug-likeness (QED) is 0.702. The molecular formula is C26H36N4O2. The van der Waals surface area contributed by atoms with E-state index in [4.69, 9.17) is 4.98 Å². The van der Waals surface area contributed by atoms with Gasteiger partial charge in [-0.15, -0.1) is 0 Å². The number of aromatic nitrogens is 2. The molecule has 2 heterocycles. The van der Waals surface area contributed by atoms with Crippen LogP contribution >= 0.6 is 0 Å². The summed E-state index contributed by atoms with van der Waals surface area (Å²) in [4.78, 5) is 34.5. The van der Waals surface area contributed by atoms with Gasteiger partial charge in [0.05, 0.1) is 17.6 Å². The normalized spacial score (nSPS) is 25.9. The van der Waals surface area contributed by atoms with Crippen LogP contribution in [0.5, 0.6) is 0 Å². The molecule has 1 atom stereocenters. The smallest absolute Gasteiger partial charge is 0.291 e. The largest absolute Gasteiger partial charge is 0.351 e. The SMILES string of the molecule is C[C@]1(C(=O)NC2CCCCCC2)Cn2c(nc3ccccc32)C(=O)N1C1CCCCCC1. The Kier molecular flexibility index (Phi) is 5.95. The Morgan fingerprint density at radius 2 is 1.59 bits per heavy atom. The van der Waals surface area contributed by atoms with Crippen LogP contribution in [0.3, 0.4) is 0 Å². The summed E-state index contributed by atoms with van der Waals surface area (Å²) in [6.07, 6.45) is 13.5. The van der Waals surface area contributed by atoms with Gasteiger partial charge < -0.3 is 14.8 Å². The first-order valence-corrected chi connectivity index (χ1v) is 12.7. The predicted molar refractivity (Wildman–Crippen MR) is 125 cm³/mol. The number of benzene rings is 1. The number of hydrogen-bond donors (Lipinski definition) is 1. The molecule has 0 spiro atoms. The third kappa shape index (κ3) is 3.82. The summed E-state index contributed by atoms with van der Waals surface area (Å²) < 4.78 is 1.98. The van der Waals surface area contributed by atoms with Gasteiger partial charge in [-0.25, -0.2) is 4.98 Å². The van der Waals surface area contributed by atoms with Crippen LogP contribution in [-0.4, -0.2) is 43.9 Å². The molecule has 2 aliphatic carbocycles. The van der Waals surface area contributed by atoms with Crippen molar-refractivity contribution in [1.82, 2.24) is 19.8 Å². The van der Waals surface area contributed by atoms with Crippen molar-refractivity contribution in [3.05, 3.63) is 30.1 Å². The number of hydrogen-bond acceptors (Lipinski definition) is 3. The topological polar surface area (TPSA) is 67.2 Å². The minimum absolute atomic E-state index is 0.00503. The molecule has 0 radical (unpaired) electrons. The summed E-state index contributed by atoms with van der Waals surface area (Å²) in [6.45, 7) is 2.45. The maximum absolute atomic E-state index is 13.9. The van der Waals surface area contributed by atoms with Crippen LogP contribution in [0.4, 0.5) is 0 Å². The summed E-state index contributed by atoms with van der Waals surface area (Å²) in [6, 6.07) is 8.20. The van der Waals surface area contributed by atoms with E-state index < -0.39 is 5.54 Å². The average Bonchev–Trinajstić information content (AvgIpc) is 2.99. The first kappa shape index (κ1) is 21.5. The van der Waals surface area contributed by atoms with Crippen LogP contribution < -0.4 is 5.32 Å². The number of imidazole rings is 1. The fourth-order valence-corrected chi connectivity index (χ4v) is 6.15. The van der Waals surface area contributed by atoms with E-state index in [1.54, 1.807) is 0 Å². The van der Waals surface area contributed by atoms with Gasteiger partial charge in [-0.2, -0.15) is 0 Å². The summed E-state index contributed by atoms with van der Waals surface area (Å²) in [7, 11) is 0. The molecule has 6 heteroatoms. The second-order valence-electron chi connectivity index (χ2n) is 10.3. The maximum Gasteiger partial charge on any atom is 0.291 e. The fourth-order valence-electron chi connectivity index (χ4n) is 6.15. The molecule has 2 saturated carbocycles. The molecule has 2 fully saturated rings. The molecule has 1 N–H and O–H groups in total. The van der Waals surface area contributed by atoms with Crippen molar-refractivity contribution in [3.63, 3.8) is 0 Å². The zero-order chi connectivity index (χ0) is 22.1. The first-order chi connectivity index (χ1) is 15.6. The molecule has 5 rings (SSSR count). The van der Waals surface area contributed by atoms with E-state index in [2.05, 4.69) is 5.32 Å². The van der Waals surface area contributed by atoms with E-state index in [1.807, 2.05) is 40.7 Å². The number of rotatable bonds is 3. The summed E-state index contributed by atoms with van der Waals surface area (Å²) in [5.74, 6) is 0.401. The minimum Gasteiger partial charge on any atom is -0.351 e. The van der Waals surface area contributed by atoms with Crippen molar-refractivity contribution in [1.29, 1.82) is 0 Å². The Morgan fingerprint density at radius 1 is 0.969 bits per heavy atom. The van der Waals surface area contributed by atoms with E-state index in [0.29, 0.717) is 12.4 Å². The lowest BCUT2D eigenvalue weighted by molar-refractivity contribution is -0.135. The zero-order valence-electron chi connectivity index (χ0n) is 19.3. The van der Waals surface area contributed by atoms with Crippen LogP contribution in [0.15, 0.2) is 24.3 Å². The molecule has 0 unspecified atom stereocenters. The number of carbonyl (C=O) groups is 2. The second-order valence-corrected chi connectivity index (χ2v) is 10.3. The van der Waals surface area contributed by atoms with E-state index >= 15 is 0 Å². The van der Waals surface area contributed by atoms with Gasteiger partial charge in [-0.1, -0.05) is 63.5 Å². The highest BCUT2D eigenvalue weighted by Gasteiger charge is 2.51. The van der Waals surface area contributed by atoms with E-state index in [9.17, 15) is 9.59 Å². The van der Waals surface area contributed by atoms with Crippen molar-refractivity contribution in [3.8, 4) is 0 Å². The number of nitrogens with one attached hydrogen (secondary N) is 1. The number of amides is 2. The lowest BCUT2D eigenvalue weighted by Crippen LogP contribution is -2.67. The van der Waals surface area contributed by atoms with Crippen molar-refractivity contribution in [2.24, 2.45) is 0 Å². The molecule has 1 aliphatic heterocycles. The Balaban J connectivity index is 1.53. The van der Waals surface area contributed by atoms with Gasteiger partial charge in [0.25, 0.3) is 5.91 Å². The maximum atomic E-state index is 13.9. The van der Waals surface area contributed by atoms with Gasteiger partial charge in [-0.3, -0.25) is 9.59 Å². The zero-order valence-corrected chi connectivity index (χ0v) is 19.3. The van der Waals surface area contributed by atoms with Crippen LogP contribution in [0.1, 0.15) is 94.6 Å². The molecule has 2 amide bonds. The van der Waals surface area contributed by atoms with Crippen LogP contribution in [0.25, 0.3) is 11.0 Å². The molecule has 172 valence electrons. The number of para-hydroxylation sites is 2. The van der Waals surface area contributed by atoms with E-state index in [1.165, 1.54) is 38.5 Å². The van der Waals surface area contributed by atoms with E-state index in [-0.39, 0.29) is 23.9 Å². The number of fused-ring (bicyclic) bond motifs is 3. The standard InChI is InChI=1S/C26H36N4O2/c1-26(25(32)27-19-12-6-2-3-7-13-19)18-29-22-17-11-10-16-21(22)28-23(29)24(31)30(26)20-14-8-4-5-9-15-20/h10-11,16-17,19-20H,2-9,12-15,18H2,1H3,(H,27,32)/t26-/m1/s1. The van der Waals surface area contributed by atoms with Gasteiger partial charge in [0.2, 0.25) is 5.91 Å². The Morgan fingerprint density at radius 3 is 2.28 bits per heavy atom.